The summed E-state index contributed by atoms with van der Waals surface area (Å²) in [5.74, 6) is 0. The van der Waals surface area contributed by atoms with E-state index in [4.69, 9.17) is 5.73 Å². The molecule has 18 heavy (non-hydrogen) atoms. The first-order valence-corrected chi connectivity index (χ1v) is 6.05. The molecule has 1 fully saturated rings. The zero-order chi connectivity index (χ0) is 13.1. The number of likely N-dealkylation sites (N-methyl/N-ethyl adjacent to an activating group) is 1. The van der Waals surface area contributed by atoms with Crippen LogP contribution in [0.1, 0.15) is 6.42 Å². The summed E-state index contributed by atoms with van der Waals surface area (Å²) >= 11 is 0. The molecule has 0 saturated carbocycles. The zero-order valence-corrected chi connectivity index (χ0v) is 10.5. The van der Waals surface area contributed by atoms with E-state index in [0.29, 0.717) is 0 Å². The second-order valence-electron chi connectivity index (χ2n) is 4.64. The summed E-state index contributed by atoms with van der Waals surface area (Å²) in [6.07, 6.45) is 1.09. The monoisotopic (exact) mass is 250 g/mol. The number of nitrogens with zero attached hydrogens (tertiary/aromatic N) is 3. The molecular weight excluding hydrogens is 232 g/mol. The predicted molar refractivity (Wildman–Crippen MR) is 71.8 cm³/mol. The van der Waals surface area contributed by atoms with E-state index in [2.05, 4.69) is 16.8 Å². The van der Waals surface area contributed by atoms with Crippen LogP contribution in [0.15, 0.2) is 18.2 Å². The molecule has 1 aromatic rings. The van der Waals surface area contributed by atoms with Crippen LogP contribution in [0.2, 0.25) is 0 Å². The van der Waals surface area contributed by atoms with Crippen LogP contribution in [0, 0.1) is 10.1 Å². The molecule has 0 spiro atoms. The van der Waals surface area contributed by atoms with Gasteiger partial charge in [0.25, 0.3) is 5.69 Å². The fourth-order valence-electron chi connectivity index (χ4n) is 2.21. The summed E-state index contributed by atoms with van der Waals surface area (Å²) in [6, 6.07) is 4.96. The van der Waals surface area contributed by atoms with Gasteiger partial charge in [-0.05, 0) is 32.1 Å². The highest BCUT2D eigenvalue weighted by Crippen LogP contribution is 2.27. The van der Waals surface area contributed by atoms with Gasteiger partial charge in [0.2, 0.25) is 0 Å². The predicted octanol–water partition coefficient (Wildman–Crippen LogP) is 1.32. The van der Waals surface area contributed by atoms with E-state index in [0.717, 1.165) is 38.3 Å². The fraction of sp³-hybridized carbons (Fsp3) is 0.500. The van der Waals surface area contributed by atoms with Crippen molar-refractivity contribution in [1.82, 2.24) is 4.90 Å². The molecule has 98 valence electrons. The fourth-order valence-corrected chi connectivity index (χ4v) is 2.21. The van der Waals surface area contributed by atoms with E-state index in [1.54, 1.807) is 12.1 Å². The molecule has 6 heteroatoms. The minimum absolute atomic E-state index is 0.0225. The van der Waals surface area contributed by atoms with Crippen molar-refractivity contribution in [3.8, 4) is 0 Å². The first-order valence-electron chi connectivity index (χ1n) is 6.05. The van der Waals surface area contributed by atoms with E-state index in [-0.39, 0.29) is 11.4 Å². The van der Waals surface area contributed by atoms with Crippen molar-refractivity contribution in [3.63, 3.8) is 0 Å². The maximum Gasteiger partial charge on any atom is 0.292 e. The van der Waals surface area contributed by atoms with Crippen LogP contribution in [0.5, 0.6) is 0 Å². The molecule has 0 atom stereocenters. The minimum atomic E-state index is -0.449. The van der Waals surface area contributed by atoms with Crippen LogP contribution in [-0.4, -0.2) is 43.0 Å². The quantitative estimate of drug-likeness (QED) is 0.486. The lowest BCUT2D eigenvalue weighted by atomic mass is 10.2. The maximum atomic E-state index is 10.7. The highest BCUT2D eigenvalue weighted by atomic mass is 16.6. The van der Waals surface area contributed by atoms with Crippen molar-refractivity contribution in [1.29, 1.82) is 0 Å². The van der Waals surface area contributed by atoms with Crippen LogP contribution in [0.4, 0.5) is 17.1 Å². The third-order valence-corrected chi connectivity index (χ3v) is 3.29. The summed E-state index contributed by atoms with van der Waals surface area (Å²) in [7, 11) is 2.10. The summed E-state index contributed by atoms with van der Waals surface area (Å²) < 4.78 is 0. The lowest BCUT2D eigenvalue weighted by Crippen LogP contribution is -2.28. The third-order valence-electron chi connectivity index (χ3n) is 3.29. The number of benzene rings is 1. The van der Waals surface area contributed by atoms with Crippen LogP contribution in [0.25, 0.3) is 0 Å². The molecule has 1 aromatic carbocycles. The van der Waals surface area contributed by atoms with Crippen LogP contribution >= 0.6 is 0 Å². The second-order valence-corrected chi connectivity index (χ2v) is 4.64. The summed E-state index contributed by atoms with van der Waals surface area (Å²) in [6.45, 7) is 3.96. The molecule has 0 aliphatic carbocycles. The Bertz CT molecular complexity index is 450. The molecule has 0 radical (unpaired) electrons. The molecule has 0 unspecified atom stereocenters. The van der Waals surface area contributed by atoms with Crippen LogP contribution in [-0.2, 0) is 0 Å². The Balaban J connectivity index is 2.18. The van der Waals surface area contributed by atoms with Crippen molar-refractivity contribution in [2.24, 2.45) is 0 Å². The van der Waals surface area contributed by atoms with E-state index < -0.39 is 4.92 Å². The van der Waals surface area contributed by atoms with Gasteiger partial charge in [-0.15, -0.1) is 0 Å². The number of nitro benzene ring substituents is 1. The minimum Gasteiger partial charge on any atom is -0.393 e. The first kappa shape index (κ1) is 12.6. The van der Waals surface area contributed by atoms with Crippen molar-refractivity contribution in [2.45, 2.75) is 6.42 Å². The van der Waals surface area contributed by atoms with Crippen molar-refractivity contribution in [3.05, 3.63) is 28.3 Å². The summed E-state index contributed by atoms with van der Waals surface area (Å²) in [4.78, 5) is 14.8. The molecular formula is C12H18N4O2. The molecule has 2 N–H and O–H groups in total. The zero-order valence-electron chi connectivity index (χ0n) is 10.5. The Morgan fingerprint density at radius 2 is 2.06 bits per heavy atom. The Labute approximate surface area is 106 Å². The van der Waals surface area contributed by atoms with Gasteiger partial charge in [-0.3, -0.25) is 10.1 Å². The number of rotatable bonds is 2. The topological polar surface area (TPSA) is 75.6 Å². The number of hydrogen-bond donors (Lipinski definition) is 1. The number of nitrogens with two attached hydrogens (primary N) is 1. The van der Waals surface area contributed by atoms with Crippen LogP contribution in [0.3, 0.4) is 0 Å². The van der Waals surface area contributed by atoms with Gasteiger partial charge in [-0.25, -0.2) is 0 Å². The molecule has 2 rings (SSSR count). The van der Waals surface area contributed by atoms with Gasteiger partial charge in [-0.1, -0.05) is 0 Å². The van der Waals surface area contributed by atoms with Crippen molar-refractivity contribution in [2.75, 3.05) is 43.9 Å². The van der Waals surface area contributed by atoms with Gasteiger partial charge < -0.3 is 15.5 Å². The van der Waals surface area contributed by atoms with E-state index in [9.17, 15) is 10.1 Å². The highest BCUT2D eigenvalue weighted by Gasteiger charge is 2.16. The Morgan fingerprint density at radius 3 is 2.72 bits per heavy atom. The Kier molecular flexibility index (Phi) is 3.66. The molecule has 6 nitrogen and oxygen atoms in total. The second kappa shape index (κ2) is 5.22. The number of nitrogen functional groups attached to an aromatic ring is 1. The average Bonchev–Trinajstić information content (AvgIpc) is 2.53. The Morgan fingerprint density at radius 1 is 1.28 bits per heavy atom. The molecule has 0 aromatic heterocycles. The van der Waals surface area contributed by atoms with Crippen LogP contribution < -0.4 is 10.6 Å². The Hall–Kier alpha value is -1.82. The standard InChI is InChI=1S/C12H18N4O2/c1-14-5-2-6-15(8-7-14)10-3-4-12(16(17)18)11(13)9-10/h3-4,9H,2,5-8,13H2,1H3. The SMILES string of the molecule is CN1CCCN(c2ccc([N+](=O)[O-])c(N)c2)CC1. The molecule has 1 aliphatic heterocycles. The van der Waals surface area contributed by atoms with Crippen molar-refractivity contribution >= 4 is 17.1 Å². The van der Waals surface area contributed by atoms with E-state index in [1.165, 1.54) is 6.07 Å². The first-order chi connectivity index (χ1) is 8.58. The van der Waals surface area contributed by atoms with Gasteiger partial charge in [0.1, 0.15) is 5.69 Å². The normalized spacial score (nSPS) is 17.5. The van der Waals surface area contributed by atoms with Gasteiger partial charge in [0, 0.05) is 31.4 Å². The molecule has 0 bridgehead atoms. The van der Waals surface area contributed by atoms with Gasteiger partial charge in [-0.2, -0.15) is 0 Å². The highest BCUT2D eigenvalue weighted by molar-refractivity contribution is 5.66. The van der Waals surface area contributed by atoms with Gasteiger partial charge in [0.05, 0.1) is 4.92 Å². The number of nitro groups is 1. The lowest BCUT2D eigenvalue weighted by molar-refractivity contribution is -0.383. The summed E-state index contributed by atoms with van der Waals surface area (Å²) in [5.41, 5.74) is 6.89. The average molecular weight is 250 g/mol. The maximum absolute atomic E-state index is 10.7. The third kappa shape index (κ3) is 2.70. The van der Waals surface area contributed by atoms with E-state index >= 15 is 0 Å². The lowest BCUT2D eigenvalue weighted by Gasteiger charge is -2.23. The molecule has 1 saturated heterocycles. The van der Waals surface area contributed by atoms with Gasteiger partial charge >= 0.3 is 0 Å². The number of hydrogen-bond acceptors (Lipinski definition) is 5. The van der Waals surface area contributed by atoms with Gasteiger partial charge in [0.15, 0.2) is 0 Å². The molecule has 1 heterocycles. The molecule has 1 aliphatic rings. The van der Waals surface area contributed by atoms with E-state index in [1.807, 2.05) is 0 Å². The number of anilines is 2. The summed E-state index contributed by atoms with van der Waals surface area (Å²) in [5, 5.41) is 10.7. The largest absolute Gasteiger partial charge is 0.393 e. The molecule has 0 amide bonds. The van der Waals surface area contributed by atoms with Crippen molar-refractivity contribution < 1.29 is 4.92 Å². The smallest absolute Gasteiger partial charge is 0.292 e.